The molecule has 0 aliphatic heterocycles. The Morgan fingerprint density at radius 2 is 0.348 bits per heavy atom. The minimum absolute atomic E-state index is 0.110. The number of carbonyl (C=O) groups excluding carboxylic acids is 4. The van der Waals surface area contributed by atoms with E-state index in [0.29, 0.717) is 25.7 Å². The van der Waals surface area contributed by atoms with Crippen LogP contribution >= 0.6 is 15.6 Å². The maximum absolute atomic E-state index is 13.2. The number of esters is 4. The molecule has 5 atom stereocenters. The molecule has 19 heteroatoms. The number of aliphatic hydroxyl groups excluding tert-OH is 1. The number of hydrogen-bond donors (Lipinski definition) is 3. The maximum atomic E-state index is 13.2. The van der Waals surface area contributed by atoms with Gasteiger partial charge in [0, 0.05) is 25.7 Å². The molecule has 0 heterocycles. The van der Waals surface area contributed by atoms with Crippen LogP contribution in [0.2, 0.25) is 0 Å². The molecule has 0 spiro atoms. The molecule has 2 unspecified atom stereocenters. The van der Waals surface area contributed by atoms with Crippen LogP contribution in [-0.2, 0) is 65.4 Å². The average molecular weight is 1680 g/mol. The molecule has 0 aliphatic rings. The highest BCUT2D eigenvalue weighted by molar-refractivity contribution is 7.47. The Hall–Kier alpha value is -1.94. The van der Waals surface area contributed by atoms with Crippen molar-refractivity contribution in [3.05, 3.63) is 0 Å². The van der Waals surface area contributed by atoms with Crippen molar-refractivity contribution in [2.45, 2.75) is 553 Å². The third-order valence-electron chi connectivity index (χ3n) is 22.9. The van der Waals surface area contributed by atoms with Gasteiger partial charge in [-0.1, -0.05) is 484 Å². The Labute approximate surface area is 708 Å². The van der Waals surface area contributed by atoms with Crippen molar-refractivity contribution >= 4 is 39.5 Å². The van der Waals surface area contributed by atoms with Crippen LogP contribution in [0.3, 0.4) is 0 Å². The van der Waals surface area contributed by atoms with E-state index in [2.05, 4.69) is 27.7 Å². The molecule has 0 radical (unpaired) electrons. The van der Waals surface area contributed by atoms with Crippen molar-refractivity contribution in [1.82, 2.24) is 0 Å². The van der Waals surface area contributed by atoms with Gasteiger partial charge in [-0.2, -0.15) is 0 Å². The van der Waals surface area contributed by atoms with Crippen LogP contribution in [0, 0.1) is 0 Å². The average Bonchev–Trinajstić information content (AvgIpc) is 0.899. The van der Waals surface area contributed by atoms with E-state index < -0.39 is 97.5 Å². The fraction of sp³-hybridized carbons (Fsp3) is 0.958. The van der Waals surface area contributed by atoms with E-state index in [0.717, 1.165) is 89.9 Å². The maximum Gasteiger partial charge on any atom is 0.472 e. The molecular weight excluding hydrogens is 1490 g/mol. The standard InChI is InChI=1S/C96H188O17P2/c1-5-9-13-17-21-25-29-32-35-38-41-44-47-50-53-56-59-63-67-71-75-79-83-96(101)113-92(87-107-94(99)81-77-73-69-65-61-57-54-51-48-45-42-39-36-33-30-26-22-18-14-10-6-2)89-111-115(104,105)109-85-90(97)84-108-114(102,103)110-88-91(86-106-93(98)80-76-72-68-64-60-28-24-20-16-12-8-4)112-95(100)82-78-74-70-66-62-58-55-52-49-46-43-40-37-34-31-27-23-19-15-11-7-3/h90-92,97H,5-89H2,1-4H3,(H,102,103)(H,104,105)/t90-,91+,92+/m0/s1. The van der Waals surface area contributed by atoms with Gasteiger partial charge in [0.25, 0.3) is 0 Å². The van der Waals surface area contributed by atoms with Gasteiger partial charge in [-0.25, -0.2) is 9.13 Å². The third kappa shape index (κ3) is 89.6. The van der Waals surface area contributed by atoms with Crippen LogP contribution in [0.5, 0.6) is 0 Å². The van der Waals surface area contributed by atoms with Crippen LogP contribution in [0.25, 0.3) is 0 Å². The molecule has 3 N–H and O–H groups in total. The lowest BCUT2D eigenvalue weighted by atomic mass is 10.0. The summed E-state index contributed by atoms with van der Waals surface area (Å²) in [6.45, 7) is 5.11. The van der Waals surface area contributed by atoms with E-state index in [1.165, 1.54) is 366 Å². The Bertz CT molecular complexity index is 2160. The number of aliphatic hydroxyl groups is 1. The molecule has 0 saturated carbocycles. The summed E-state index contributed by atoms with van der Waals surface area (Å²) in [6, 6.07) is 0. The van der Waals surface area contributed by atoms with Crippen molar-refractivity contribution in [3.8, 4) is 0 Å². The molecular formula is C96H188O17P2. The number of ether oxygens (including phenoxy) is 4. The topological polar surface area (TPSA) is 237 Å². The van der Waals surface area contributed by atoms with Gasteiger partial charge in [0.2, 0.25) is 0 Å². The smallest absolute Gasteiger partial charge is 0.462 e. The molecule has 684 valence electrons. The quantitative estimate of drug-likeness (QED) is 0.0222. The Balaban J connectivity index is 5.21. The fourth-order valence-corrected chi connectivity index (χ4v) is 16.9. The summed E-state index contributed by atoms with van der Waals surface area (Å²) in [5, 5.41) is 10.7. The van der Waals surface area contributed by atoms with Crippen molar-refractivity contribution in [1.29, 1.82) is 0 Å². The highest BCUT2D eigenvalue weighted by atomic mass is 31.2. The second-order valence-corrected chi connectivity index (χ2v) is 37.4. The van der Waals surface area contributed by atoms with Crippen molar-refractivity contribution in [2.75, 3.05) is 39.6 Å². The molecule has 0 amide bonds. The lowest BCUT2D eigenvalue weighted by Gasteiger charge is -2.21. The molecule has 0 saturated heterocycles. The number of phosphoric acid groups is 2. The van der Waals surface area contributed by atoms with Crippen molar-refractivity contribution < 1.29 is 80.2 Å². The molecule has 0 aliphatic carbocycles. The second-order valence-electron chi connectivity index (χ2n) is 34.5. The molecule has 0 aromatic carbocycles. The summed E-state index contributed by atoms with van der Waals surface area (Å²) in [4.78, 5) is 73.6. The first-order chi connectivity index (χ1) is 56.2. The summed E-state index contributed by atoms with van der Waals surface area (Å²) in [7, 11) is -9.94. The van der Waals surface area contributed by atoms with E-state index in [1.807, 2.05) is 0 Å². The number of carbonyl (C=O) groups is 4. The van der Waals surface area contributed by atoms with E-state index in [9.17, 15) is 43.2 Å². The summed E-state index contributed by atoms with van der Waals surface area (Å²) >= 11 is 0. The summed E-state index contributed by atoms with van der Waals surface area (Å²) in [5.74, 6) is -2.09. The van der Waals surface area contributed by atoms with Crippen LogP contribution in [-0.4, -0.2) is 96.7 Å². The molecule has 0 rings (SSSR count). The Kier molecular flexibility index (Phi) is 88.3. The molecule has 0 aromatic heterocycles. The SMILES string of the molecule is CCCCCCCCCCCCCCCCCCCCCCCCC(=O)O[C@H](COC(=O)CCCCCCCCCCCCCCCCCCCCCCC)COP(=O)(O)OC[C@@H](O)COP(=O)(O)OC[C@@H](COC(=O)CCCCCCCCCCCCC)OC(=O)CCCCCCCCCCCCCCCCCCCCCCC. The van der Waals surface area contributed by atoms with Crippen LogP contribution in [0.1, 0.15) is 535 Å². The van der Waals surface area contributed by atoms with Gasteiger partial charge < -0.3 is 33.8 Å². The van der Waals surface area contributed by atoms with Crippen molar-refractivity contribution in [2.24, 2.45) is 0 Å². The first-order valence-corrected chi connectivity index (χ1v) is 52.8. The highest BCUT2D eigenvalue weighted by Gasteiger charge is 2.31. The number of unbranched alkanes of at least 4 members (excludes halogenated alkanes) is 71. The monoisotopic (exact) mass is 1680 g/mol. The molecule has 17 nitrogen and oxygen atoms in total. The number of rotatable bonds is 97. The zero-order valence-electron chi connectivity index (χ0n) is 75.8. The van der Waals surface area contributed by atoms with Gasteiger partial charge in [0.1, 0.15) is 19.3 Å². The van der Waals surface area contributed by atoms with Gasteiger partial charge in [0.15, 0.2) is 12.2 Å². The lowest BCUT2D eigenvalue weighted by molar-refractivity contribution is -0.161. The summed E-state index contributed by atoms with van der Waals surface area (Å²) < 4.78 is 69.2. The van der Waals surface area contributed by atoms with E-state index in [1.54, 1.807) is 0 Å². The Morgan fingerprint density at radius 3 is 0.513 bits per heavy atom. The predicted octanol–water partition coefficient (Wildman–Crippen LogP) is 30.4. The van der Waals surface area contributed by atoms with E-state index in [4.69, 9.17) is 37.0 Å². The van der Waals surface area contributed by atoms with Crippen LogP contribution in [0.4, 0.5) is 0 Å². The third-order valence-corrected chi connectivity index (χ3v) is 24.8. The second kappa shape index (κ2) is 89.8. The predicted molar refractivity (Wildman–Crippen MR) is 479 cm³/mol. The fourth-order valence-electron chi connectivity index (χ4n) is 15.3. The van der Waals surface area contributed by atoms with Crippen LogP contribution in [0.15, 0.2) is 0 Å². The van der Waals surface area contributed by atoms with Gasteiger partial charge in [-0.05, 0) is 25.7 Å². The zero-order valence-corrected chi connectivity index (χ0v) is 77.6. The Morgan fingerprint density at radius 1 is 0.209 bits per heavy atom. The minimum Gasteiger partial charge on any atom is -0.462 e. The largest absolute Gasteiger partial charge is 0.472 e. The van der Waals surface area contributed by atoms with Gasteiger partial charge in [0.05, 0.1) is 26.4 Å². The molecule has 0 aromatic rings. The van der Waals surface area contributed by atoms with Gasteiger partial charge in [-0.15, -0.1) is 0 Å². The van der Waals surface area contributed by atoms with Crippen molar-refractivity contribution in [3.63, 3.8) is 0 Å². The molecule has 115 heavy (non-hydrogen) atoms. The van der Waals surface area contributed by atoms with E-state index in [-0.39, 0.29) is 25.7 Å². The zero-order chi connectivity index (χ0) is 83.8. The summed E-state index contributed by atoms with van der Waals surface area (Å²) in [6.07, 6.45) is 89.2. The minimum atomic E-state index is -4.97. The molecule has 0 bridgehead atoms. The lowest BCUT2D eigenvalue weighted by Crippen LogP contribution is -2.30. The van der Waals surface area contributed by atoms with Crippen LogP contribution < -0.4 is 0 Å². The normalized spacial score (nSPS) is 13.6. The van der Waals surface area contributed by atoms with Gasteiger partial charge >= 0.3 is 39.5 Å². The van der Waals surface area contributed by atoms with Gasteiger partial charge in [-0.3, -0.25) is 37.3 Å². The first-order valence-electron chi connectivity index (χ1n) is 49.8. The number of phosphoric ester groups is 2. The van der Waals surface area contributed by atoms with E-state index >= 15 is 0 Å². The first kappa shape index (κ1) is 113. The molecule has 0 fully saturated rings. The number of hydrogen-bond acceptors (Lipinski definition) is 15. The summed E-state index contributed by atoms with van der Waals surface area (Å²) in [5.41, 5.74) is 0. The highest BCUT2D eigenvalue weighted by Crippen LogP contribution is 2.45.